The van der Waals surface area contributed by atoms with Gasteiger partial charge in [-0.25, -0.2) is 4.98 Å². The number of benzene rings is 1. The van der Waals surface area contributed by atoms with Crippen LogP contribution in [-0.4, -0.2) is 33.7 Å². The summed E-state index contributed by atoms with van der Waals surface area (Å²) >= 11 is 1.64. The Morgan fingerprint density at radius 2 is 2.03 bits per heavy atom. The predicted molar refractivity (Wildman–Crippen MR) is 136 cm³/mol. The van der Waals surface area contributed by atoms with Crippen molar-refractivity contribution in [3.63, 3.8) is 0 Å². The summed E-state index contributed by atoms with van der Waals surface area (Å²) in [5.41, 5.74) is 6.73. The van der Waals surface area contributed by atoms with E-state index in [2.05, 4.69) is 47.3 Å². The molecule has 2 N–H and O–H groups in total. The minimum absolute atomic E-state index is 0.237. The van der Waals surface area contributed by atoms with Crippen molar-refractivity contribution in [3.05, 3.63) is 71.2 Å². The normalized spacial score (nSPS) is 13.6. The SMILES string of the molecule is CCCCC[C@H](C)NC(O)c1cc(Cc2ccc(CSC=NC)nc2)c2ccccc2n1. The summed E-state index contributed by atoms with van der Waals surface area (Å²) in [6, 6.07) is 14.6. The maximum atomic E-state index is 10.8. The van der Waals surface area contributed by atoms with Crippen molar-refractivity contribution in [2.45, 2.75) is 64.0 Å². The van der Waals surface area contributed by atoms with Crippen LogP contribution in [-0.2, 0) is 12.2 Å². The highest BCUT2D eigenvalue weighted by atomic mass is 32.2. The molecule has 0 aliphatic carbocycles. The first-order valence-electron chi connectivity index (χ1n) is 11.4. The number of nitrogens with one attached hydrogen (secondary N) is 1. The van der Waals surface area contributed by atoms with Crippen molar-refractivity contribution in [2.75, 3.05) is 7.05 Å². The Morgan fingerprint density at radius 1 is 1.19 bits per heavy atom. The standard InChI is InChI=1S/C26H34N4OS/c1-4-5-6-9-19(2)29-26(31)25-15-21(23-10-7-8-11-24(23)30-25)14-20-12-13-22(28-16-20)17-32-18-27-3/h7-8,10-13,15-16,18-19,26,29,31H,4-6,9,14,17H2,1-3H3/t19-,26?/m0/s1. The molecule has 3 aromatic rings. The highest BCUT2D eigenvalue weighted by Crippen LogP contribution is 2.24. The molecule has 0 aliphatic heterocycles. The van der Waals surface area contributed by atoms with Crippen molar-refractivity contribution in [2.24, 2.45) is 4.99 Å². The third kappa shape index (κ3) is 7.12. The Morgan fingerprint density at radius 3 is 2.78 bits per heavy atom. The van der Waals surface area contributed by atoms with Crippen molar-refractivity contribution in [3.8, 4) is 0 Å². The van der Waals surface area contributed by atoms with Crippen LogP contribution in [0.15, 0.2) is 53.7 Å². The number of pyridine rings is 2. The van der Waals surface area contributed by atoms with Crippen molar-refractivity contribution >= 4 is 28.2 Å². The zero-order valence-electron chi connectivity index (χ0n) is 19.3. The highest BCUT2D eigenvalue weighted by Gasteiger charge is 2.15. The largest absolute Gasteiger partial charge is 0.373 e. The molecule has 1 aromatic carbocycles. The summed E-state index contributed by atoms with van der Waals surface area (Å²) in [5.74, 6) is 0.814. The Kier molecular flexibility index (Phi) is 9.65. The molecule has 170 valence electrons. The van der Waals surface area contributed by atoms with E-state index >= 15 is 0 Å². The van der Waals surface area contributed by atoms with Crippen LogP contribution in [0.4, 0.5) is 0 Å². The van der Waals surface area contributed by atoms with E-state index in [-0.39, 0.29) is 6.04 Å². The Hall–Kier alpha value is -2.28. The minimum atomic E-state index is -0.785. The third-order valence-electron chi connectivity index (χ3n) is 5.48. The number of aliphatic imine (C=N–C) groups is 1. The number of aromatic nitrogens is 2. The Labute approximate surface area is 195 Å². The molecule has 1 unspecified atom stereocenters. The third-order valence-corrected chi connectivity index (χ3v) is 6.30. The second-order valence-electron chi connectivity index (χ2n) is 8.20. The van der Waals surface area contributed by atoms with Gasteiger partial charge >= 0.3 is 0 Å². The average molecular weight is 451 g/mol. The molecule has 0 radical (unpaired) electrons. The number of hydrogen-bond donors (Lipinski definition) is 2. The zero-order valence-corrected chi connectivity index (χ0v) is 20.1. The van der Waals surface area contributed by atoms with Crippen LogP contribution in [0.2, 0.25) is 0 Å². The lowest BCUT2D eigenvalue weighted by Crippen LogP contribution is -2.31. The first kappa shape index (κ1) is 24.4. The molecule has 2 atom stereocenters. The summed E-state index contributed by atoms with van der Waals surface area (Å²) in [5, 5.41) is 15.3. The number of fused-ring (bicyclic) bond motifs is 1. The van der Waals surface area contributed by atoms with Gasteiger partial charge in [-0.1, -0.05) is 50.5 Å². The molecule has 0 fully saturated rings. The van der Waals surface area contributed by atoms with Gasteiger partial charge in [0.05, 0.1) is 22.5 Å². The Balaban J connectivity index is 1.77. The van der Waals surface area contributed by atoms with Crippen LogP contribution in [0.25, 0.3) is 10.9 Å². The first-order chi connectivity index (χ1) is 15.6. The van der Waals surface area contributed by atoms with Gasteiger partial charge in [-0.15, -0.1) is 11.8 Å². The molecule has 0 amide bonds. The molecule has 2 aromatic heterocycles. The van der Waals surface area contributed by atoms with Crippen molar-refractivity contribution in [1.82, 2.24) is 15.3 Å². The summed E-state index contributed by atoms with van der Waals surface area (Å²) in [7, 11) is 1.77. The fraction of sp³-hybridized carbons (Fsp3) is 0.423. The van der Waals surface area contributed by atoms with Gasteiger partial charge < -0.3 is 5.11 Å². The van der Waals surface area contributed by atoms with Gasteiger partial charge in [0.1, 0.15) is 6.23 Å². The lowest BCUT2D eigenvalue weighted by atomic mass is 10.0. The Bertz CT molecular complexity index is 1010. The number of para-hydroxylation sites is 1. The number of hydrogen-bond acceptors (Lipinski definition) is 6. The van der Waals surface area contributed by atoms with Gasteiger partial charge in [-0.05, 0) is 49.1 Å². The molecule has 3 rings (SSSR count). The summed E-state index contributed by atoms with van der Waals surface area (Å²) in [4.78, 5) is 13.3. The van der Waals surface area contributed by atoms with E-state index in [1.807, 2.05) is 36.0 Å². The molecule has 32 heavy (non-hydrogen) atoms. The highest BCUT2D eigenvalue weighted by molar-refractivity contribution is 8.11. The van der Waals surface area contributed by atoms with E-state index < -0.39 is 6.23 Å². The lowest BCUT2D eigenvalue weighted by molar-refractivity contribution is 0.119. The monoisotopic (exact) mass is 450 g/mol. The quantitative estimate of drug-likeness (QED) is 0.161. The van der Waals surface area contributed by atoms with E-state index in [0.717, 1.165) is 46.3 Å². The van der Waals surface area contributed by atoms with Crippen LogP contribution in [0, 0.1) is 0 Å². The molecule has 2 heterocycles. The first-order valence-corrected chi connectivity index (χ1v) is 12.4. The molecule has 0 saturated heterocycles. The fourth-order valence-corrected chi connectivity index (χ4v) is 4.32. The number of nitrogens with zero attached hydrogens (tertiary/aromatic N) is 3. The zero-order chi connectivity index (χ0) is 22.8. The van der Waals surface area contributed by atoms with Gasteiger partial charge in [0.25, 0.3) is 0 Å². The second-order valence-corrected chi connectivity index (χ2v) is 9.03. The van der Waals surface area contributed by atoms with Crippen LogP contribution < -0.4 is 5.32 Å². The van der Waals surface area contributed by atoms with Gasteiger partial charge in [0, 0.05) is 30.4 Å². The molecule has 0 aliphatic rings. The number of rotatable bonds is 12. The second kappa shape index (κ2) is 12.7. The van der Waals surface area contributed by atoms with Crippen molar-refractivity contribution < 1.29 is 5.11 Å². The predicted octanol–water partition coefficient (Wildman–Crippen LogP) is 5.66. The lowest BCUT2D eigenvalue weighted by Gasteiger charge is -2.20. The van der Waals surface area contributed by atoms with Crippen LogP contribution in [0.3, 0.4) is 0 Å². The van der Waals surface area contributed by atoms with Crippen LogP contribution in [0.1, 0.15) is 68.3 Å². The summed E-state index contributed by atoms with van der Waals surface area (Å²) in [6.07, 6.45) is 6.54. The number of aliphatic hydroxyl groups is 1. The number of unbranched alkanes of at least 4 members (excludes halogenated alkanes) is 2. The molecule has 5 nitrogen and oxygen atoms in total. The number of aliphatic hydroxyl groups excluding tert-OH is 1. The fourth-order valence-electron chi connectivity index (χ4n) is 3.76. The van der Waals surface area contributed by atoms with Crippen LogP contribution >= 0.6 is 11.8 Å². The molecular weight excluding hydrogens is 416 g/mol. The molecular formula is C26H34N4OS. The summed E-state index contributed by atoms with van der Waals surface area (Å²) < 4.78 is 0. The molecule has 0 bridgehead atoms. The number of thioether (sulfide) groups is 1. The van der Waals surface area contributed by atoms with E-state index in [0.29, 0.717) is 5.69 Å². The van der Waals surface area contributed by atoms with Crippen molar-refractivity contribution in [1.29, 1.82) is 0 Å². The minimum Gasteiger partial charge on any atom is -0.373 e. The molecule has 6 heteroatoms. The van der Waals surface area contributed by atoms with Gasteiger partial charge in [0.15, 0.2) is 0 Å². The van der Waals surface area contributed by atoms with E-state index in [9.17, 15) is 5.11 Å². The summed E-state index contributed by atoms with van der Waals surface area (Å²) in [6.45, 7) is 4.33. The maximum absolute atomic E-state index is 10.8. The smallest absolute Gasteiger partial charge is 0.148 e. The van der Waals surface area contributed by atoms with Gasteiger partial charge in [0.2, 0.25) is 0 Å². The van der Waals surface area contributed by atoms with Gasteiger partial charge in [-0.2, -0.15) is 0 Å². The topological polar surface area (TPSA) is 70.4 Å². The molecule has 0 spiro atoms. The molecule has 0 saturated carbocycles. The van der Waals surface area contributed by atoms with Crippen LogP contribution in [0.5, 0.6) is 0 Å². The van der Waals surface area contributed by atoms with Gasteiger partial charge in [-0.3, -0.25) is 15.3 Å². The van der Waals surface area contributed by atoms with E-state index in [4.69, 9.17) is 4.98 Å². The maximum Gasteiger partial charge on any atom is 0.148 e. The van der Waals surface area contributed by atoms with E-state index in [1.165, 1.54) is 19.3 Å². The average Bonchev–Trinajstić information content (AvgIpc) is 2.80. The van der Waals surface area contributed by atoms with E-state index in [1.54, 1.807) is 18.8 Å².